The number of sulfone groups is 1. The normalized spacial score (nSPS) is 14.9. The molecule has 0 saturated carbocycles. The molecule has 0 aliphatic carbocycles. The van der Waals surface area contributed by atoms with E-state index < -0.39 is 9.84 Å². The van der Waals surface area contributed by atoms with Crippen LogP contribution in [0.3, 0.4) is 0 Å². The van der Waals surface area contributed by atoms with E-state index in [0.717, 1.165) is 61.5 Å². The molecule has 0 spiro atoms. The number of aromatic nitrogens is 1. The lowest BCUT2D eigenvalue weighted by Crippen LogP contribution is -2.39. The summed E-state index contributed by atoms with van der Waals surface area (Å²) in [5.41, 5.74) is 1.23. The van der Waals surface area contributed by atoms with E-state index in [4.69, 9.17) is 14.5 Å². The van der Waals surface area contributed by atoms with Gasteiger partial charge >= 0.3 is 0 Å². The van der Waals surface area contributed by atoms with Crippen molar-refractivity contribution in [1.29, 1.82) is 0 Å². The summed E-state index contributed by atoms with van der Waals surface area (Å²) in [4.78, 5) is 22.5. The number of ether oxygens (including phenoxy) is 2. The lowest BCUT2D eigenvalue weighted by Gasteiger charge is -2.27. The van der Waals surface area contributed by atoms with Crippen LogP contribution in [0.5, 0.6) is 5.75 Å². The number of carbonyl (C=O) groups excluding carboxylic acids is 1. The number of amides is 1. The minimum atomic E-state index is -3.33. The first-order chi connectivity index (χ1) is 16.3. The second-order valence-electron chi connectivity index (χ2n) is 8.12. The van der Waals surface area contributed by atoms with Crippen LogP contribution in [0.2, 0.25) is 0 Å². The van der Waals surface area contributed by atoms with Crippen molar-refractivity contribution in [3.05, 3.63) is 48.0 Å². The Morgan fingerprint density at radius 3 is 2.59 bits per heavy atom. The summed E-state index contributed by atoms with van der Waals surface area (Å²) in [6.07, 6.45) is 1.94. The molecule has 1 amide bonds. The molecule has 1 fully saturated rings. The fourth-order valence-corrected chi connectivity index (χ4v) is 5.48. The van der Waals surface area contributed by atoms with Crippen molar-refractivity contribution in [3.63, 3.8) is 0 Å². The zero-order chi connectivity index (χ0) is 24.1. The van der Waals surface area contributed by atoms with Crippen LogP contribution in [0.25, 0.3) is 10.2 Å². The van der Waals surface area contributed by atoms with Gasteiger partial charge in [0.2, 0.25) is 0 Å². The Labute approximate surface area is 204 Å². The molecule has 8 nitrogen and oxygen atoms in total. The maximum absolute atomic E-state index is 13.5. The largest absolute Gasteiger partial charge is 0.494 e. The molecule has 4 rings (SSSR count). The smallest absolute Gasteiger partial charge is 0.260 e. The molecule has 0 atom stereocenters. The van der Waals surface area contributed by atoms with Gasteiger partial charge in [0.1, 0.15) is 5.75 Å². The lowest BCUT2D eigenvalue weighted by atomic mass is 10.2. The molecule has 0 unspecified atom stereocenters. The number of morpholine rings is 1. The zero-order valence-corrected chi connectivity index (χ0v) is 21.0. The molecule has 1 saturated heterocycles. The summed E-state index contributed by atoms with van der Waals surface area (Å²) in [5, 5.41) is 0.614. The Morgan fingerprint density at radius 2 is 1.91 bits per heavy atom. The Kier molecular flexibility index (Phi) is 7.82. The molecule has 0 radical (unpaired) electrons. The van der Waals surface area contributed by atoms with Crippen LogP contribution in [0.1, 0.15) is 23.7 Å². The van der Waals surface area contributed by atoms with Gasteiger partial charge in [-0.05, 0) is 55.8 Å². The van der Waals surface area contributed by atoms with Gasteiger partial charge in [-0.25, -0.2) is 13.4 Å². The molecule has 2 heterocycles. The molecule has 182 valence electrons. The van der Waals surface area contributed by atoms with E-state index in [1.165, 1.54) is 23.5 Å². The minimum absolute atomic E-state index is 0.186. The van der Waals surface area contributed by atoms with Gasteiger partial charge in [-0.2, -0.15) is 0 Å². The van der Waals surface area contributed by atoms with Crippen LogP contribution in [-0.2, 0) is 14.6 Å². The number of thiazole rings is 1. The maximum Gasteiger partial charge on any atom is 0.260 e. The van der Waals surface area contributed by atoms with Crippen LogP contribution in [-0.4, -0.2) is 76.5 Å². The van der Waals surface area contributed by atoms with Crippen molar-refractivity contribution in [2.45, 2.75) is 18.2 Å². The predicted molar refractivity (Wildman–Crippen MR) is 134 cm³/mol. The fraction of sp³-hybridized carbons (Fsp3) is 0.417. The van der Waals surface area contributed by atoms with E-state index in [9.17, 15) is 13.2 Å². The third-order valence-corrected chi connectivity index (χ3v) is 7.79. The summed E-state index contributed by atoms with van der Waals surface area (Å²) >= 11 is 1.45. The van der Waals surface area contributed by atoms with Crippen LogP contribution < -0.4 is 9.64 Å². The van der Waals surface area contributed by atoms with E-state index in [2.05, 4.69) is 4.90 Å². The van der Waals surface area contributed by atoms with Crippen molar-refractivity contribution in [1.82, 2.24) is 9.88 Å². The second kappa shape index (κ2) is 10.8. The molecular formula is C24H29N3O5S2. The Balaban J connectivity index is 1.59. The first kappa shape index (κ1) is 24.6. The quantitative estimate of drug-likeness (QED) is 0.442. The molecule has 2 aromatic carbocycles. The van der Waals surface area contributed by atoms with E-state index >= 15 is 0 Å². The van der Waals surface area contributed by atoms with Crippen LogP contribution in [0.4, 0.5) is 5.13 Å². The molecule has 3 aromatic rings. The van der Waals surface area contributed by atoms with E-state index in [-0.39, 0.29) is 10.8 Å². The van der Waals surface area contributed by atoms with Gasteiger partial charge < -0.3 is 9.47 Å². The van der Waals surface area contributed by atoms with Crippen molar-refractivity contribution in [2.24, 2.45) is 0 Å². The highest BCUT2D eigenvalue weighted by molar-refractivity contribution is 7.90. The summed E-state index contributed by atoms with van der Waals surface area (Å²) < 4.78 is 35.6. The minimum Gasteiger partial charge on any atom is -0.494 e. The molecule has 1 aliphatic heterocycles. The highest BCUT2D eigenvalue weighted by atomic mass is 32.2. The summed E-state index contributed by atoms with van der Waals surface area (Å²) in [5.74, 6) is 0.567. The Morgan fingerprint density at radius 1 is 1.18 bits per heavy atom. The van der Waals surface area contributed by atoms with Gasteiger partial charge in [-0.15, -0.1) is 0 Å². The van der Waals surface area contributed by atoms with Gasteiger partial charge in [0.15, 0.2) is 15.0 Å². The molecular weight excluding hydrogens is 474 g/mol. The lowest BCUT2D eigenvalue weighted by molar-refractivity contribution is 0.0376. The van der Waals surface area contributed by atoms with Gasteiger partial charge in [0, 0.05) is 38.0 Å². The van der Waals surface area contributed by atoms with Gasteiger partial charge in [0.25, 0.3) is 5.91 Å². The van der Waals surface area contributed by atoms with Crippen molar-refractivity contribution < 1.29 is 22.7 Å². The SMILES string of the molecule is CCOc1ccc2nc(N(CCCN3CCOCC3)C(=O)c3ccc(S(C)(=O)=O)cc3)sc2c1. The van der Waals surface area contributed by atoms with Gasteiger partial charge in [-0.3, -0.25) is 14.6 Å². The molecule has 0 N–H and O–H groups in total. The molecule has 10 heteroatoms. The summed E-state index contributed by atoms with van der Waals surface area (Å²) in [6.45, 7) is 7.12. The maximum atomic E-state index is 13.5. The number of nitrogens with zero attached hydrogens (tertiary/aromatic N) is 3. The average Bonchev–Trinajstić information content (AvgIpc) is 3.25. The Bertz CT molecular complexity index is 1240. The van der Waals surface area contributed by atoms with Crippen molar-refractivity contribution in [2.75, 3.05) is 57.2 Å². The fourth-order valence-electron chi connectivity index (χ4n) is 3.83. The number of benzene rings is 2. The van der Waals surface area contributed by atoms with E-state index in [0.29, 0.717) is 23.8 Å². The second-order valence-corrected chi connectivity index (χ2v) is 11.1. The van der Waals surface area contributed by atoms with Crippen LogP contribution >= 0.6 is 11.3 Å². The van der Waals surface area contributed by atoms with Crippen LogP contribution in [0.15, 0.2) is 47.4 Å². The average molecular weight is 504 g/mol. The zero-order valence-electron chi connectivity index (χ0n) is 19.4. The van der Waals surface area contributed by atoms with Crippen LogP contribution in [0, 0.1) is 0 Å². The van der Waals surface area contributed by atoms with E-state index in [1.54, 1.807) is 17.0 Å². The highest BCUT2D eigenvalue weighted by Gasteiger charge is 2.22. The Hall–Kier alpha value is -2.53. The third kappa shape index (κ3) is 5.93. The number of hydrogen-bond acceptors (Lipinski definition) is 8. The molecule has 1 aromatic heterocycles. The number of hydrogen-bond donors (Lipinski definition) is 0. The number of carbonyl (C=O) groups is 1. The molecule has 34 heavy (non-hydrogen) atoms. The third-order valence-electron chi connectivity index (χ3n) is 5.62. The van der Waals surface area contributed by atoms with Crippen molar-refractivity contribution in [3.8, 4) is 5.75 Å². The number of rotatable bonds is 9. The first-order valence-corrected chi connectivity index (χ1v) is 14.0. The predicted octanol–water partition coefficient (Wildman–Crippen LogP) is 3.47. The first-order valence-electron chi connectivity index (χ1n) is 11.3. The van der Waals surface area contributed by atoms with Gasteiger partial charge in [0.05, 0.1) is 34.9 Å². The molecule has 0 bridgehead atoms. The van der Waals surface area contributed by atoms with Gasteiger partial charge in [-0.1, -0.05) is 11.3 Å². The topological polar surface area (TPSA) is 89.0 Å². The van der Waals surface area contributed by atoms with Crippen molar-refractivity contribution >= 4 is 42.4 Å². The number of anilines is 1. The monoisotopic (exact) mass is 503 g/mol. The highest BCUT2D eigenvalue weighted by Crippen LogP contribution is 2.32. The standard InChI is InChI=1S/C24H29N3O5S2/c1-3-32-19-7-10-21-22(17-19)33-24(25-21)27(12-4-11-26-13-15-31-16-14-26)23(28)18-5-8-20(9-6-18)34(2,29)30/h5-10,17H,3-4,11-16H2,1-2H3. The number of fused-ring (bicyclic) bond motifs is 1. The van der Waals surface area contributed by atoms with E-state index in [1.807, 2.05) is 25.1 Å². The summed E-state index contributed by atoms with van der Waals surface area (Å²) in [6, 6.07) is 11.8. The molecule has 1 aliphatic rings. The summed E-state index contributed by atoms with van der Waals surface area (Å²) in [7, 11) is -3.33.